The Balaban J connectivity index is 2.54. The van der Waals surface area contributed by atoms with E-state index in [9.17, 15) is 0 Å². The van der Waals surface area contributed by atoms with Gasteiger partial charge in [0, 0.05) is 25.7 Å². The third kappa shape index (κ3) is 3.44. The normalized spacial score (nSPS) is 25.8. The molecule has 1 saturated heterocycles. The molecule has 1 N–H and O–H groups in total. The molecule has 1 aliphatic rings. The van der Waals surface area contributed by atoms with Crippen LogP contribution in [0.5, 0.6) is 0 Å². The Labute approximate surface area is 94.2 Å². The average molecular weight is 214 g/mol. The van der Waals surface area contributed by atoms with Crippen molar-refractivity contribution in [2.24, 2.45) is 0 Å². The van der Waals surface area contributed by atoms with E-state index in [1.807, 2.05) is 0 Å². The summed E-state index contributed by atoms with van der Waals surface area (Å²) in [5, 5.41) is 3.44. The van der Waals surface area contributed by atoms with E-state index in [0.29, 0.717) is 18.2 Å². The zero-order valence-corrected chi connectivity index (χ0v) is 10.6. The van der Waals surface area contributed by atoms with E-state index in [4.69, 9.17) is 4.74 Å². The highest BCUT2D eigenvalue weighted by molar-refractivity contribution is 4.85. The first-order valence-electron chi connectivity index (χ1n) is 6.20. The van der Waals surface area contributed by atoms with Crippen molar-refractivity contribution in [3.05, 3.63) is 0 Å². The zero-order chi connectivity index (χ0) is 11.3. The Kier molecular flexibility index (Phi) is 5.58. The van der Waals surface area contributed by atoms with Crippen LogP contribution in [0, 0.1) is 0 Å². The molecule has 0 aromatic rings. The maximum absolute atomic E-state index is 5.44. The van der Waals surface area contributed by atoms with Crippen molar-refractivity contribution >= 4 is 0 Å². The van der Waals surface area contributed by atoms with E-state index >= 15 is 0 Å². The predicted octanol–water partition coefficient (Wildman–Crippen LogP) is 1.48. The van der Waals surface area contributed by atoms with Gasteiger partial charge in [0.1, 0.15) is 0 Å². The van der Waals surface area contributed by atoms with Crippen LogP contribution in [0.3, 0.4) is 0 Å². The van der Waals surface area contributed by atoms with Crippen LogP contribution in [0.4, 0.5) is 0 Å². The minimum absolute atomic E-state index is 0.317. The second-order valence-electron chi connectivity index (χ2n) is 4.57. The smallest absolute Gasteiger partial charge is 0.0695 e. The van der Waals surface area contributed by atoms with Gasteiger partial charge in [0.05, 0.1) is 6.10 Å². The van der Waals surface area contributed by atoms with Gasteiger partial charge in [-0.3, -0.25) is 4.90 Å². The van der Waals surface area contributed by atoms with Crippen molar-refractivity contribution in [2.75, 3.05) is 26.7 Å². The van der Waals surface area contributed by atoms with Crippen molar-refractivity contribution in [3.8, 4) is 0 Å². The monoisotopic (exact) mass is 214 g/mol. The van der Waals surface area contributed by atoms with Crippen molar-refractivity contribution in [2.45, 2.75) is 51.8 Å². The third-order valence-electron chi connectivity index (χ3n) is 3.56. The molecule has 0 amide bonds. The van der Waals surface area contributed by atoms with Gasteiger partial charge in [-0.05, 0) is 39.8 Å². The number of rotatable bonds is 6. The summed E-state index contributed by atoms with van der Waals surface area (Å²) < 4.78 is 5.44. The highest BCUT2D eigenvalue weighted by Gasteiger charge is 2.28. The van der Waals surface area contributed by atoms with Crippen molar-refractivity contribution in [1.82, 2.24) is 10.2 Å². The van der Waals surface area contributed by atoms with Gasteiger partial charge < -0.3 is 10.1 Å². The summed E-state index contributed by atoms with van der Waals surface area (Å²) in [6.07, 6.45) is 2.81. The molecule has 3 atom stereocenters. The molecule has 0 aliphatic carbocycles. The van der Waals surface area contributed by atoms with Crippen LogP contribution in [0.25, 0.3) is 0 Å². The van der Waals surface area contributed by atoms with Crippen molar-refractivity contribution in [1.29, 1.82) is 0 Å². The third-order valence-corrected chi connectivity index (χ3v) is 3.56. The molecule has 0 aromatic heterocycles. The molecule has 15 heavy (non-hydrogen) atoms. The van der Waals surface area contributed by atoms with Crippen LogP contribution >= 0.6 is 0 Å². The van der Waals surface area contributed by atoms with Gasteiger partial charge in [0.25, 0.3) is 0 Å². The van der Waals surface area contributed by atoms with Crippen molar-refractivity contribution in [3.63, 3.8) is 0 Å². The van der Waals surface area contributed by atoms with E-state index in [-0.39, 0.29) is 0 Å². The van der Waals surface area contributed by atoms with Gasteiger partial charge >= 0.3 is 0 Å². The van der Waals surface area contributed by atoms with Gasteiger partial charge in [0.2, 0.25) is 0 Å². The second kappa shape index (κ2) is 6.46. The van der Waals surface area contributed by atoms with Crippen LogP contribution in [0.15, 0.2) is 0 Å². The Morgan fingerprint density at radius 1 is 1.47 bits per heavy atom. The molecule has 0 saturated carbocycles. The first-order chi connectivity index (χ1) is 7.20. The SMILES string of the molecule is CCCN(C1CCNC1)C(C)C(C)OC. The van der Waals surface area contributed by atoms with Crippen molar-refractivity contribution < 1.29 is 4.74 Å². The lowest BCUT2D eigenvalue weighted by Gasteiger charge is -2.36. The van der Waals surface area contributed by atoms with E-state index in [1.165, 1.54) is 25.9 Å². The highest BCUT2D eigenvalue weighted by Crippen LogP contribution is 2.16. The summed E-state index contributed by atoms with van der Waals surface area (Å²) in [6, 6.07) is 1.22. The number of methoxy groups -OCH3 is 1. The van der Waals surface area contributed by atoms with E-state index in [1.54, 1.807) is 7.11 Å². The molecule has 3 heteroatoms. The van der Waals surface area contributed by atoms with E-state index in [0.717, 1.165) is 6.54 Å². The molecule has 1 fully saturated rings. The van der Waals surface area contributed by atoms with Gasteiger partial charge in [-0.1, -0.05) is 6.92 Å². The standard InChI is InChI=1S/C12H26N2O/c1-5-8-14(10(2)11(3)15-4)12-6-7-13-9-12/h10-13H,5-9H2,1-4H3. The zero-order valence-electron chi connectivity index (χ0n) is 10.6. The lowest BCUT2D eigenvalue weighted by atomic mass is 10.1. The Morgan fingerprint density at radius 2 is 2.20 bits per heavy atom. The number of ether oxygens (including phenoxy) is 1. The topological polar surface area (TPSA) is 24.5 Å². The fourth-order valence-corrected chi connectivity index (χ4v) is 2.37. The summed E-state index contributed by atoms with van der Waals surface area (Å²) in [6.45, 7) is 10.2. The quantitative estimate of drug-likeness (QED) is 0.725. The first-order valence-corrected chi connectivity index (χ1v) is 6.20. The number of hydrogen-bond donors (Lipinski definition) is 1. The molecular formula is C12H26N2O. The minimum Gasteiger partial charge on any atom is -0.380 e. The Bertz CT molecular complexity index is 169. The molecule has 1 heterocycles. The van der Waals surface area contributed by atoms with E-state index < -0.39 is 0 Å². The fraction of sp³-hybridized carbons (Fsp3) is 1.00. The first kappa shape index (κ1) is 12.9. The fourth-order valence-electron chi connectivity index (χ4n) is 2.37. The largest absolute Gasteiger partial charge is 0.380 e. The minimum atomic E-state index is 0.317. The lowest BCUT2D eigenvalue weighted by Crippen LogP contribution is -2.48. The number of nitrogens with one attached hydrogen (secondary N) is 1. The van der Waals surface area contributed by atoms with Crippen LogP contribution in [-0.4, -0.2) is 49.8 Å². The van der Waals surface area contributed by atoms with Gasteiger partial charge in [0.15, 0.2) is 0 Å². The summed E-state index contributed by atoms with van der Waals surface area (Å²) in [4.78, 5) is 2.61. The molecular weight excluding hydrogens is 188 g/mol. The molecule has 3 nitrogen and oxygen atoms in total. The molecule has 1 rings (SSSR count). The van der Waals surface area contributed by atoms with Gasteiger partial charge in [-0.2, -0.15) is 0 Å². The summed E-state index contributed by atoms with van der Waals surface area (Å²) >= 11 is 0. The van der Waals surface area contributed by atoms with Crippen LogP contribution in [0.2, 0.25) is 0 Å². The van der Waals surface area contributed by atoms with Crippen LogP contribution < -0.4 is 5.32 Å². The molecule has 3 unspecified atom stereocenters. The van der Waals surface area contributed by atoms with Gasteiger partial charge in [-0.25, -0.2) is 0 Å². The van der Waals surface area contributed by atoms with E-state index in [2.05, 4.69) is 31.0 Å². The maximum atomic E-state index is 5.44. The highest BCUT2D eigenvalue weighted by atomic mass is 16.5. The lowest BCUT2D eigenvalue weighted by molar-refractivity contribution is 0.0171. The summed E-state index contributed by atoms with van der Waals surface area (Å²) in [5.41, 5.74) is 0. The predicted molar refractivity (Wildman–Crippen MR) is 64.2 cm³/mol. The Hall–Kier alpha value is -0.120. The molecule has 0 radical (unpaired) electrons. The number of nitrogens with zero attached hydrogens (tertiary/aromatic N) is 1. The molecule has 0 bridgehead atoms. The van der Waals surface area contributed by atoms with Crippen LogP contribution in [-0.2, 0) is 4.74 Å². The molecule has 0 spiro atoms. The maximum Gasteiger partial charge on any atom is 0.0695 e. The summed E-state index contributed by atoms with van der Waals surface area (Å²) in [5.74, 6) is 0. The number of hydrogen-bond acceptors (Lipinski definition) is 3. The molecule has 0 aromatic carbocycles. The molecule has 90 valence electrons. The summed E-state index contributed by atoms with van der Waals surface area (Å²) in [7, 11) is 1.80. The molecule has 1 aliphatic heterocycles. The van der Waals surface area contributed by atoms with Crippen LogP contribution in [0.1, 0.15) is 33.6 Å². The Morgan fingerprint density at radius 3 is 2.67 bits per heavy atom. The van der Waals surface area contributed by atoms with Gasteiger partial charge in [-0.15, -0.1) is 0 Å². The second-order valence-corrected chi connectivity index (χ2v) is 4.57. The average Bonchev–Trinajstić information content (AvgIpc) is 2.77.